The molecule has 0 bridgehead atoms. The number of likely N-dealkylation sites (tertiary alicyclic amines) is 1. The molecule has 0 aliphatic carbocycles. The average molecular weight is 215 g/mol. The number of alkyl halides is 1. The molecule has 0 aromatic rings. The molecule has 1 heterocycles. The van der Waals surface area contributed by atoms with Gasteiger partial charge in [-0.3, -0.25) is 4.90 Å². The van der Waals surface area contributed by atoms with Crippen molar-refractivity contribution >= 4 is 5.97 Å². The Balaban J connectivity index is 2.64. The first-order valence-corrected chi connectivity index (χ1v) is 5.31. The van der Waals surface area contributed by atoms with Crippen LogP contribution in [-0.2, 0) is 4.79 Å². The van der Waals surface area contributed by atoms with Crippen molar-refractivity contribution in [2.45, 2.75) is 44.9 Å². The number of carboxylic acid groups (broad SMARTS) is 1. The molecular formula is C11H18FNO2. The third kappa shape index (κ3) is 3.63. The number of carbonyl (C=O) groups is 1. The van der Waals surface area contributed by atoms with E-state index in [-0.39, 0.29) is 12.1 Å². The summed E-state index contributed by atoms with van der Waals surface area (Å²) in [6.45, 7) is 4.41. The van der Waals surface area contributed by atoms with Crippen LogP contribution in [0.4, 0.5) is 4.39 Å². The summed E-state index contributed by atoms with van der Waals surface area (Å²) >= 11 is 0. The SMILES string of the molecule is CC(C)N1CC(F)CCC1/C=C/C(=O)O. The number of nitrogens with zero attached hydrogens (tertiary/aromatic N) is 1. The second kappa shape index (κ2) is 5.26. The topological polar surface area (TPSA) is 40.5 Å². The maximum absolute atomic E-state index is 13.2. The number of hydrogen-bond acceptors (Lipinski definition) is 2. The number of halogens is 1. The van der Waals surface area contributed by atoms with Crippen LogP contribution in [0.5, 0.6) is 0 Å². The smallest absolute Gasteiger partial charge is 0.328 e. The van der Waals surface area contributed by atoms with Gasteiger partial charge in [0, 0.05) is 24.7 Å². The van der Waals surface area contributed by atoms with Crippen molar-refractivity contribution < 1.29 is 14.3 Å². The molecule has 1 aliphatic rings. The minimum Gasteiger partial charge on any atom is -0.478 e. The average Bonchev–Trinajstić information content (AvgIpc) is 2.15. The molecule has 2 atom stereocenters. The van der Waals surface area contributed by atoms with Crippen molar-refractivity contribution in [3.8, 4) is 0 Å². The summed E-state index contributed by atoms with van der Waals surface area (Å²) in [6, 6.07) is 0.306. The van der Waals surface area contributed by atoms with Crippen molar-refractivity contribution in [3.63, 3.8) is 0 Å². The standard InChI is InChI=1S/C11H18FNO2/c1-8(2)13-7-9(12)3-4-10(13)5-6-11(14)15/h5-6,8-10H,3-4,7H2,1-2H3,(H,14,15)/b6-5+. The largest absolute Gasteiger partial charge is 0.478 e. The summed E-state index contributed by atoms with van der Waals surface area (Å²) in [6.07, 6.45) is 3.26. The maximum Gasteiger partial charge on any atom is 0.328 e. The van der Waals surface area contributed by atoms with E-state index in [0.717, 1.165) is 6.08 Å². The van der Waals surface area contributed by atoms with Gasteiger partial charge in [-0.2, -0.15) is 0 Å². The van der Waals surface area contributed by atoms with Crippen molar-refractivity contribution in [3.05, 3.63) is 12.2 Å². The number of rotatable bonds is 3. The molecule has 1 rings (SSSR count). The summed E-state index contributed by atoms with van der Waals surface area (Å²) in [5.74, 6) is -0.943. The molecule has 0 aromatic carbocycles. The molecule has 0 radical (unpaired) electrons. The van der Waals surface area contributed by atoms with Crippen LogP contribution in [0.15, 0.2) is 12.2 Å². The van der Waals surface area contributed by atoms with Gasteiger partial charge in [0.15, 0.2) is 0 Å². The van der Waals surface area contributed by atoms with E-state index < -0.39 is 12.1 Å². The van der Waals surface area contributed by atoms with E-state index in [9.17, 15) is 9.18 Å². The van der Waals surface area contributed by atoms with E-state index in [1.54, 1.807) is 6.08 Å². The third-order valence-corrected chi connectivity index (χ3v) is 2.73. The molecule has 0 aromatic heterocycles. The van der Waals surface area contributed by atoms with Crippen molar-refractivity contribution in [1.29, 1.82) is 0 Å². The molecule has 2 unspecified atom stereocenters. The summed E-state index contributed by atoms with van der Waals surface area (Å²) in [4.78, 5) is 12.4. The van der Waals surface area contributed by atoms with E-state index in [0.29, 0.717) is 19.4 Å². The van der Waals surface area contributed by atoms with Crippen LogP contribution in [0.3, 0.4) is 0 Å². The Bertz CT molecular complexity index is 253. The van der Waals surface area contributed by atoms with Gasteiger partial charge in [0.2, 0.25) is 0 Å². The third-order valence-electron chi connectivity index (χ3n) is 2.73. The minimum atomic E-state index is -0.943. The molecule has 1 fully saturated rings. The first-order valence-electron chi connectivity index (χ1n) is 5.31. The molecule has 86 valence electrons. The first kappa shape index (κ1) is 12.2. The lowest BCUT2D eigenvalue weighted by molar-refractivity contribution is -0.131. The van der Waals surface area contributed by atoms with E-state index in [1.807, 2.05) is 18.7 Å². The monoisotopic (exact) mass is 215 g/mol. The molecule has 0 amide bonds. The van der Waals surface area contributed by atoms with Gasteiger partial charge in [-0.05, 0) is 26.7 Å². The number of carboxylic acids is 1. The van der Waals surface area contributed by atoms with Gasteiger partial charge in [0.25, 0.3) is 0 Å². The molecule has 3 nitrogen and oxygen atoms in total. The minimum absolute atomic E-state index is 0.0631. The number of piperidine rings is 1. The molecule has 4 heteroatoms. The molecule has 15 heavy (non-hydrogen) atoms. The zero-order valence-corrected chi connectivity index (χ0v) is 9.19. The van der Waals surface area contributed by atoms with Gasteiger partial charge in [-0.25, -0.2) is 9.18 Å². The van der Waals surface area contributed by atoms with Crippen LogP contribution in [0, 0.1) is 0 Å². The highest BCUT2D eigenvalue weighted by atomic mass is 19.1. The van der Waals surface area contributed by atoms with Gasteiger partial charge < -0.3 is 5.11 Å². The van der Waals surface area contributed by atoms with Gasteiger partial charge in [-0.1, -0.05) is 6.08 Å². The fraction of sp³-hybridized carbons (Fsp3) is 0.727. The van der Waals surface area contributed by atoms with Gasteiger partial charge >= 0.3 is 5.97 Å². The Labute approximate surface area is 89.6 Å². The van der Waals surface area contributed by atoms with Crippen molar-refractivity contribution in [2.75, 3.05) is 6.54 Å². The molecule has 1 saturated heterocycles. The van der Waals surface area contributed by atoms with Crippen LogP contribution in [0.1, 0.15) is 26.7 Å². The molecular weight excluding hydrogens is 197 g/mol. The predicted molar refractivity (Wildman–Crippen MR) is 56.5 cm³/mol. The van der Waals surface area contributed by atoms with Gasteiger partial charge in [-0.15, -0.1) is 0 Å². The Kier molecular flexibility index (Phi) is 4.27. The normalized spacial score (nSPS) is 28.8. The highest BCUT2D eigenvalue weighted by Gasteiger charge is 2.28. The molecule has 0 spiro atoms. The van der Waals surface area contributed by atoms with Crippen molar-refractivity contribution in [1.82, 2.24) is 4.90 Å². The van der Waals surface area contributed by atoms with E-state index in [4.69, 9.17) is 5.11 Å². The second-order valence-electron chi connectivity index (χ2n) is 4.23. The number of aliphatic carboxylic acids is 1. The second-order valence-corrected chi connectivity index (χ2v) is 4.23. The zero-order valence-electron chi connectivity index (χ0n) is 9.19. The van der Waals surface area contributed by atoms with E-state index >= 15 is 0 Å². The van der Waals surface area contributed by atoms with E-state index in [1.165, 1.54) is 0 Å². The highest BCUT2D eigenvalue weighted by molar-refractivity contribution is 5.79. The Morgan fingerprint density at radius 3 is 2.73 bits per heavy atom. The summed E-state index contributed by atoms with van der Waals surface area (Å²) in [5.41, 5.74) is 0. The summed E-state index contributed by atoms with van der Waals surface area (Å²) in [5, 5.41) is 8.54. The Morgan fingerprint density at radius 1 is 1.53 bits per heavy atom. The van der Waals surface area contributed by atoms with Crippen LogP contribution < -0.4 is 0 Å². The number of hydrogen-bond donors (Lipinski definition) is 1. The van der Waals surface area contributed by atoms with Crippen LogP contribution >= 0.6 is 0 Å². The van der Waals surface area contributed by atoms with Gasteiger partial charge in [0.1, 0.15) is 6.17 Å². The summed E-state index contributed by atoms with van der Waals surface area (Å²) in [7, 11) is 0. The Hall–Kier alpha value is -0.900. The first-order chi connectivity index (χ1) is 7.00. The molecule has 0 saturated carbocycles. The van der Waals surface area contributed by atoms with Crippen LogP contribution in [-0.4, -0.2) is 40.8 Å². The predicted octanol–water partition coefficient (Wildman–Crippen LogP) is 1.84. The van der Waals surface area contributed by atoms with Crippen molar-refractivity contribution in [2.24, 2.45) is 0 Å². The zero-order chi connectivity index (χ0) is 11.4. The maximum atomic E-state index is 13.2. The molecule has 1 aliphatic heterocycles. The quantitative estimate of drug-likeness (QED) is 0.730. The van der Waals surface area contributed by atoms with Gasteiger partial charge in [0.05, 0.1) is 0 Å². The fourth-order valence-corrected chi connectivity index (χ4v) is 1.97. The van der Waals surface area contributed by atoms with E-state index in [2.05, 4.69) is 0 Å². The Morgan fingerprint density at radius 2 is 2.20 bits per heavy atom. The summed E-state index contributed by atoms with van der Waals surface area (Å²) < 4.78 is 13.2. The lowest BCUT2D eigenvalue weighted by atomic mass is 9.99. The van der Waals surface area contributed by atoms with Crippen LogP contribution in [0.2, 0.25) is 0 Å². The van der Waals surface area contributed by atoms with Crippen LogP contribution in [0.25, 0.3) is 0 Å². The molecule has 1 N–H and O–H groups in total. The lowest BCUT2D eigenvalue weighted by Gasteiger charge is -2.38. The lowest BCUT2D eigenvalue weighted by Crippen LogP contribution is -2.47. The fourth-order valence-electron chi connectivity index (χ4n) is 1.97. The highest BCUT2D eigenvalue weighted by Crippen LogP contribution is 2.22.